The minimum atomic E-state index is -1.05. The van der Waals surface area contributed by atoms with Crippen LogP contribution >= 0.6 is 0 Å². The zero-order valence-electron chi connectivity index (χ0n) is 13.1. The van der Waals surface area contributed by atoms with E-state index < -0.39 is 17.2 Å². The fourth-order valence-electron chi connectivity index (χ4n) is 1.60. The number of rotatable bonds is 8. The lowest BCUT2D eigenvalue weighted by molar-refractivity contribution is -0.148. The molecule has 0 aromatic heterocycles. The van der Waals surface area contributed by atoms with Gasteiger partial charge < -0.3 is 15.2 Å². The first-order valence-corrected chi connectivity index (χ1v) is 7.07. The molecule has 1 aromatic rings. The van der Waals surface area contributed by atoms with E-state index in [4.69, 9.17) is 9.84 Å². The Balaban J connectivity index is 2.60. The number of aliphatic carboxylic acids is 1. The van der Waals surface area contributed by atoms with E-state index in [2.05, 4.69) is 19.2 Å². The smallest absolute Gasteiger partial charge is 0.312 e. The zero-order chi connectivity index (χ0) is 16.0. The van der Waals surface area contributed by atoms with Gasteiger partial charge in [0.25, 0.3) is 0 Å². The Bertz CT molecular complexity index is 486. The monoisotopic (exact) mass is 297 g/mol. The Morgan fingerprint density at radius 1 is 1.43 bits per heavy atom. The second-order valence-corrected chi connectivity index (χ2v) is 6.27. The molecule has 0 aliphatic heterocycles. The molecule has 1 rings (SSSR count). The van der Waals surface area contributed by atoms with Crippen LogP contribution in [0.25, 0.3) is 0 Å². The van der Waals surface area contributed by atoms with E-state index in [0.717, 1.165) is 12.1 Å². The van der Waals surface area contributed by atoms with Crippen LogP contribution in [-0.4, -0.2) is 24.2 Å². The van der Waals surface area contributed by atoms with E-state index in [0.29, 0.717) is 12.5 Å². The van der Waals surface area contributed by atoms with Crippen LogP contribution in [-0.2, 0) is 11.3 Å². The second kappa shape index (κ2) is 7.41. The minimum Gasteiger partial charge on any atom is -0.489 e. The summed E-state index contributed by atoms with van der Waals surface area (Å²) in [6, 6.07) is 4.73. The van der Waals surface area contributed by atoms with Crippen LogP contribution in [0.4, 0.5) is 4.39 Å². The molecule has 0 unspecified atom stereocenters. The Morgan fingerprint density at radius 3 is 2.62 bits per heavy atom. The molecular formula is C16H24FNO3. The lowest BCUT2D eigenvalue weighted by Gasteiger charge is -2.19. The first-order valence-electron chi connectivity index (χ1n) is 7.07. The van der Waals surface area contributed by atoms with Gasteiger partial charge in [-0.05, 0) is 44.0 Å². The van der Waals surface area contributed by atoms with Crippen LogP contribution in [0.1, 0.15) is 33.3 Å². The molecule has 21 heavy (non-hydrogen) atoms. The number of hydrogen-bond donors (Lipinski definition) is 2. The molecule has 0 heterocycles. The SMILES string of the molecule is CC(C)CNCc1ccc(OCC(C)(C)C(=O)O)c(F)c1. The summed E-state index contributed by atoms with van der Waals surface area (Å²) in [6.07, 6.45) is 0. The van der Waals surface area contributed by atoms with Crippen molar-refractivity contribution in [3.8, 4) is 5.75 Å². The highest BCUT2D eigenvalue weighted by molar-refractivity contribution is 5.73. The minimum absolute atomic E-state index is 0.0792. The van der Waals surface area contributed by atoms with Crippen molar-refractivity contribution < 1.29 is 19.0 Å². The lowest BCUT2D eigenvalue weighted by Crippen LogP contribution is -2.30. The van der Waals surface area contributed by atoms with Crippen molar-refractivity contribution in [1.29, 1.82) is 0 Å². The van der Waals surface area contributed by atoms with Crippen molar-refractivity contribution in [3.05, 3.63) is 29.6 Å². The van der Waals surface area contributed by atoms with E-state index in [1.54, 1.807) is 12.1 Å². The van der Waals surface area contributed by atoms with Crippen molar-refractivity contribution in [1.82, 2.24) is 5.32 Å². The molecule has 0 fully saturated rings. The first-order chi connectivity index (χ1) is 9.72. The number of hydrogen-bond acceptors (Lipinski definition) is 3. The van der Waals surface area contributed by atoms with Crippen molar-refractivity contribution >= 4 is 5.97 Å². The van der Waals surface area contributed by atoms with Crippen LogP contribution in [0.3, 0.4) is 0 Å². The van der Waals surface area contributed by atoms with Crippen LogP contribution in [0, 0.1) is 17.2 Å². The maximum absolute atomic E-state index is 13.9. The fourth-order valence-corrected chi connectivity index (χ4v) is 1.60. The van der Waals surface area contributed by atoms with Crippen molar-refractivity contribution in [2.75, 3.05) is 13.2 Å². The number of ether oxygens (including phenoxy) is 1. The molecule has 0 atom stereocenters. The molecule has 0 bridgehead atoms. The molecule has 4 nitrogen and oxygen atoms in total. The molecule has 0 aliphatic rings. The highest BCUT2D eigenvalue weighted by Crippen LogP contribution is 2.22. The first kappa shape index (κ1) is 17.4. The maximum atomic E-state index is 13.9. The summed E-state index contributed by atoms with van der Waals surface area (Å²) >= 11 is 0. The third-order valence-corrected chi connectivity index (χ3v) is 3.05. The molecule has 0 saturated carbocycles. The van der Waals surface area contributed by atoms with Crippen LogP contribution in [0.5, 0.6) is 5.75 Å². The van der Waals surface area contributed by atoms with E-state index >= 15 is 0 Å². The Labute approximate surface area is 125 Å². The summed E-state index contributed by atoms with van der Waals surface area (Å²) in [7, 11) is 0. The van der Waals surface area contributed by atoms with Crippen LogP contribution < -0.4 is 10.1 Å². The fraction of sp³-hybridized carbons (Fsp3) is 0.562. The number of nitrogens with one attached hydrogen (secondary N) is 1. The molecule has 0 radical (unpaired) electrons. The number of carbonyl (C=O) groups is 1. The summed E-state index contributed by atoms with van der Waals surface area (Å²) in [5, 5.41) is 12.2. The largest absolute Gasteiger partial charge is 0.489 e. The van der Waals surface area contributed by atoms with Gasteiger partial charge in [-0.25, -0.2) is 4.39 Å². The average Bonchev–Trinajstić information content (AvgIpc) is 2.37. The van der Waals surface area contributed by atoms with Gasteiger partial charge >= 0.3 is 5.97 Å². The van der Waals surface area contributed by atoms with Gasteiger partial charge in [0.2, 0.25) is 0 Å². The predicted octanol–water partition coefficient (Wildman–Crippen LogP) is 3.06. The highest BCUT2D eigenvalue weighted by atomic mass is 19.1. The molecule has 0 aliphatic carbocycles. The Kier molecular flexibility index (Phi) is 6.15. The molecule has 118 valence electrons. The molecule has 5 heteroatoms. The van der Waals surface area contributed by atoms with Gasteiger partial charge in [-0.1, -0.05) is 19.9 Å². The van der Waals surface area contributed by atoms with Gasteiger partial charge in [0.05, 0.1) is 5.41 Å². The molecular weight excluding hydrogens is 273 g/mol. The topological polar surface area (TPSA) is 58.6 Å². The Morgan fingerprint density at radius 2 is 2.10 bits per heavy atom. The summed E-state index contributed by atoms with van der Waals surface area (Å²) in [4.78, 5) is 11.0. The molecule has 0 spiro atoms. The zero-order valence-corrected chi connectivity index (χ0v) is 13.1. The maximum Gasteiger partial charge on any atom is 0.312 e. The average molecular weight is 297 g/mol. The predicted molar refractivity (Wildman–Crippen MR) is 79.9 cm³/mol. The normalized spacial score (nSPS) is 11.7. The summed E-state index contributed by atoms with van der Waals surface area (Å²) < 4.78 is 19.2. The standard InChI is InChI=1S/C16H24FNO3/c1-11(2)8-18-9-12-5-6-14(13(17)7-12)21-10-16(3,4)15(19)20/h5-7,11,18H,8-10H2,1-4H3,(H,19,20). The van der Waals surface area contributed by atoms with E-state index in [9.17, 15) is 9.18 Å². The van der Waals surface area contributed by atoms with Gasteiger partial charge in [0.15, 0.2) is 11.6 Å². The van der Waals surface area contributed by atoms with E-state index in [-0.39, 0.29) is 12.4 Å². The quantitative estimate of drug-likeness (QED) is 0.774. The molecule has 0 amide bonds. The van der Waals surface area contributed by atoms with Crippen molar-refractivity contribution in [3.63, 3.8) is 0 Å². The summed E-state index contributed by atoms with van der Waals surface area (Å²) in [5.74, 6) is -0.829. The lowest BCUT2D eigenvalue weighted by atomic mass is 9.95. The third kappa shape index (κ3) is 5.71. The molecule has 1 aromatic carbocycles. The van der Waals surface area contributed by atoms with E-state index in [1.807, 2.05) is 0 Å². The highest BCUT2D eigenvalue weighted by Gasteiger charge is 2.28. The second-order valence-electron chi connectivity index (χ2n) is 6.27. The third-order valence-electron chi connectivity index (χ3n) is 3.05. The van der Waals surface area contributed by atoms with E-state index in [1.165, 1.54) is 19.9 Å². The number of benzene rings is 1. The molecule has 0 saturated heterocycles. The summed E-state index contributed by atoms with van der Waals surface area (Å²) in [6.45, 7) is 8.67. The number of halogens is 1. The van der Waals surface area contributed by atoms with Crippen LogP contribution in [0.15, 0.2) is 18.2 Å². The van der Waals surface area contributed by atoms with Gasteiger partial charge in [-0.3, -0.25) is 4.79 Å². The Hall–Kier alpha value is -1.62. The van der Waals surface area contributed by atoms with Crippen LogP contribution in [0.2, 0.25) is 0 Å². The molecule has 2 N–H and O–H groups in total. The van der Waals surface area contributed by atoms with Gasteiger partial charge in [0, 0.05) is 6.54 Å². The van der Waals surface area contributed by atoms with Crippen molar-refractivity contribution in [2.45, 2.75) is 34.2 Å². The van der Waals surface area contributed by atoms with Gasteiger partial charge in [-0.15, -0.1) is 0 Å². The van der Waals surface area contributed by atoms with Crippen molar-refractivity contribution in [2.24, 2.45) is 11.3 Å². The summed E-state index contributed by atoms with van der Waals surface area (Å²) in [5.41, 5.74) is -0.220. The number of carboxylic acid groups (broad SMARTS) is 1. The van der Waals surface area contributed by atoms with Gasteiger partial charge in [-0.2, -0.15) is 0 Å². The van der Waals surface area contributed by atoms with Gasteiger partial charge in [0.1, 0.15) is 6.61 Å². The number of carboxylic acids is 1.